The molecule has 0 unspecified atom stereocenters. The molecule has 2 amide bonds. The van der Waals surface area contributed by atoms with E-state index in [0.29, 0.717) is 17.9 Å². The number of para-hydroxylation sites is 1. The number of rotatable bonds is 8. The van der Waals surface area contributed by atoms with Gasteiger partial charge in [0.1, 0.15) is 18.0 Å². The smallest absolute Gasteiger partial charge is 0.247 e. The van der Waals surface area contributed by atoms with E-state index >= 15 is 0 Å². The normalized spacial score (nSPS) is 20.0. The van der Waals surface area contributed by atoms with Crippen LogP contribution in [0.1, 0.15) is 24.5 Å². The highest BCUT2D eigenvalue weighted by Crippen LogP contribution is 2.30. The third-order valence-corrected chi connectivity index (χ3v) is 6.48. The van der Waals surface area contributed by atoms with E-state index in [4.69, 9.17) is 9.84 Å². The highest BCUT2D eigenvalue weighted by molar-refractivity contribution is 14.1. The summed E-state index contributed by atoms with van der Waals surface area (Å²) in [5.41, 5.74) is 2.45. The van der Waals surface area contributed by atoms with Crippen LogP contribution in [0.2, 0.25) is 0 Å². The maximum Gasteiger partial charge on any atom is 0.247 e. The first-order chi connectivity index (χ1) is 15.8. The largest absolute Gasteiger partial charge is 0.482 e. The average Bonchev–Trinajstić information content (AvgIpc) is 2.79. The number of nitrogens with zero attached hydrogens (tertiary/aromatic N) is 1. The number of aryl methyl sites for hydroxylation is 1. The molecule has 0 saturated carbocycles. The van der Waals surface area contributed by atoms with Crippen LogP contribution in [-0.4, -0.2) is 58.3 Å². The molecule has 3 rings (SSSR count). The Morgan fingerprint density at radius 3 is 2.52 bits per heavy atom. The van der Waals surface area contributed by atoms with E-state index in [1.165, 1.54) is 6.92 Å². The van der Waals surface area contributed by atoms with Crippen LogP contribution < -0.4 is 10.1 Å². The quantitative estimate of drug-likeness (QED) is 0.429. The number of amides is 2. The van der Waals surface area contributed by atoms with Crippen molar-refractivity contribution >= 4 is 34.4 Å². The van der Waals surface area contributed by atoms with Crippen molar-refractivity contribution in [2.24, 2.45) is 0 Å². The lowest BCUT2D eigenvalue weighted by Gasteiger charge is -2.40. The van der Waals surface area contributed by atoms with E-state index < -0.39 is 18.2 Å². The topological polar surface area (TPSA) is 99.1 Å². The Hall–Kier alpha value is -2.43. The van der Waals surface area contributed by atoms with Gasteiger partial charge >= 0.3 is 0 Å². The molecule has 2 aromatic rings. The average molecular weight is 564 g/mol. The molecular formula is C25H29IN2O5. The number of hydrogen-bond donors (Lipinski definition) is 3. The van der Waals surface area contributed by atoms with Gasteiger partial charge in [-0.3, -0.25) is 9.59 Å². The van der Waals surface area contributed by atoms with Gasteiger partial charge < -0.3 is 25.2 Å². The summed E-state index contributed by atoms with van der Waals surface area (Å²) in [5, 5.41) is 23.0. The highest BCUT2D eigenvalue weighted by atomic mass is 127. The molecule has 3 N–H and O–H groups in total. The van der Waals surface area contributed by atoms with Gasteiger partial charge in [0.2, 0.25) is 11.8 Å². The third kappa shape index (κ3) is 6.55. The molecule has 7 nitrogen and oxygen atoms in total. The van der Waals surface area contributed by atoms with Crippen LogP contribution >= 0.6 is 22.6 Å². The van der Waals surface area contributed by atoms with Crippen LogP contribution in [0.4, 0.5) is 0 Å². The number of aliphatic hydroxyl groups excluding tert-OH is 2. The maximum atomic E-state index is 12.7. The first-order valence-electron chi connectivity index (χ1n) is 10.8. The molecule has 0 aromatic heterocycles. The van der Waals surface area contributed by atoms with Crippen LogP contribution in [0.3, 0.4) is 0 Å². The zero-order valence-corrected chi connectivity index (χ0v) is 20.9. The monoisotopic (exact) mass is 564 g/mol. The zero-order chi connectivity index (χ0) is 24.0. The van der Waals surface area contributed by atoms with E-state index in [1.54, 1.807) is 17.0 Å². The molecule has 2 aromatic carbocycles. The van der Waals surface area contributed by atoms with Gasteiger partial charge in [0.15, 0.2) is 0 Å². The molecule has 0 aliphatic heterocycles. The molecule has 176 valence electrons. The second-order valence-corrected chi connectivity index (χ2v) is 9.24. The summed E-state index contributed by atoms with van der Waals surface area (Å²) in [4.78, 5) is 27.0. The Kier molecular flexibility index (Phi) is 8.87. The molecule has 0 spiro atoms. The summed E-state index contributed by atoms with van der Waals surface area (Å²) in [5.74, 6) is 0.0305. The SMILES string of the molecule is CC(=O)N(Cc1ccc(C)cc1)[C@@H]1CC(C(=O)NCCO)=C[C@H](Oc2ccccc2I)[C@H]1O. The summed E-state index contributed by atoms with van der Waals surface area (Å²) in [6, 6.07) is 14.6. The van der Waals surface area contributed by atoms with Crippen LogP contribution in [-0.2, 0) is 16.1 Å². The van der Waals surface area contributed by atoms with E-state index in [-0.39, 0.29) is 31.4 Å². The maximum absolute atomic E-state index is 12.7. The van der Waals surface area contributed by atoms with Gasteiger partial charge in [-0.15, -0.1) is 0 Å². The minimum absolute atomic E-state index is 0.116. The Morgan fingerprint density at radius 1 is 1.18 bits per heavy atom. The number of carbonyl (C=O) groups excluding carboxylic acids is 2. The highest BCUT2D eigenvalue weighted by Gasteiger charge is 2.39. The van der Waals surface area contributed by atoms with E-state index in [9.17, 15) is 14.7 Å². The van der Waals surface area contributed by atoms with Gasteiger partial charge in [-0.2, -0.15) is 0 Å². The van der Waals surface area contributed by atoms with Crippen molar-refractivity contribution in [3.63, 3.8) is 0 Å². The lowest BCUT2D eigenvalue weighted by Crippen LogP contribution is -2.54. The lowest BCUT2D eigenvalue weighted by molar-refractivity contribution is -0.137. The summed E-state index contributed by atoms with van der Waals surface area (Å²) < 4.78 is 6.98. The fourth-order valence-electron chi connectivity index (χ4n) is 3.82. The number of aliphatic hydroxyl groups is 2. The zero-order valence-electron chi connectivity index (χ0n) is 18.7. The van der Waals surface area contributed by atoms with Crippen molar-refractivity contribution in [1.82, 2.24) is 10.2 Å². The summed E-state index contributed by atoms with van der Waals surface area (Å²) in [6.45, 7) is 3.69. The van der Waals surface area contributed by atoms with Crippen LogP contribution in [0, 0.1) is 10.5 Å². The van der Waals surface area contributed by atoms with Gasteiger partial charge in [-0.05, 0) is 53.3 Å². The number of halogens is 1. The first kappa shape index (κ1) is 25.2. The van der Waals surface area contributed by atoms with E-state index in [0.717, 1.165) is 14.7 Å². The minimum Gasteiger partial charge on any atom is -0.482 e. The van der Waals surface area contributed by atoms with Gasteiger partial charge in [-0.1, -0.05) is 42.0 Å². The number of nitrogens with one attached hydrogen (secondary N) is 1. The van der Waals surface area contributed by atoms with Crippen LogP contribution in [0.5, 0.6) is 5.75 Å². The van der Waals surface area contributed by atoms with Crippen molar-refractivity contribution in [1.29, 1.82) is 0 Å². The van der Waals surface area contributed by atoms with Gasteiger partial charge in [0.25, 0.3) is 0 Å². The van der Waals surface area contributed by atoms with Crippen molar-refractivity contribution in [3.8, 4) is 5.75 Å². The van der Waals surface area contributed by atoms with E-state index in [2.05, 4.69) is 27.9 Å². The first-order valence-corrected chi connectivity index (χ1v) is 11.9. The summed E-state index contributed by atoms with van der Waals surface area (Å²) in [7, 11) is 0. The number of carbonyl (C=O) groups is 2. The van der Waals surface area contributed by atoms with E-state index in [1.807, 2.05) is 49.4 Å². The molecule has 0 heterocycles. The lowest BCUT2D eigenvalue weighted by atomic mass is 9.88. The standard InChI is InChI=1S/C25H29IN2O5/c1-16-7-9-18(10-8-16)15-28(17(2)30)21-13-19(25(32)27-11-12-29)14-23(24(21)31)33-22-6-4-3-5-20(22)26/h3-10,14,21,23-24,29,31H,11-13,15H2,1-2H3,(H,27,32)/t21-,23+,24+/m1/s1. The van der Waals surface area contributed by atoms with Crippen molar-refractivity contribution < 1.29 is 24.5 Å². The third-order valence-electron chi connectivity index (χ3n) is 5.59. The Morgan fingerprint density at radius 2 is 1.88 bits per heavy atom. The van der Waals surface area contributed by atoms with Gasteiger partial charge in [0, 0.05) is 32.0 Å². The van der Waals surface area contributed by atoms with Crippen molar-refractivity contribution in [2.45, 2.75) is 45.1 Å². The van der Waals surface area contributed by atoms with Crippen LogP contribution in [0.25, 0.3) is 0 Å². The van der Waals surface area contributed by atoms with Gasteiger partial charge in [0.05, 0.1) is 16.2 Å². The van der Waals surface area contributed by atoms with Crippen LogP contribution in [0.15, 0.2) is 60.2 Å². The Labute approximate surface area is 207 Å². The molecular weight excluding hydrogens is 535 g/mol. The Bertz CT molecular complexity index is 1010. The molecule has 1 aliphatic rings. The minimum atomic E-state index is -1.04. The second-order valence-electron chi connectivity index (χ2n) is 8.08. The molecule has 0 saturated heterocycles. The molecule has 1 aliphatic carbocycles. The van der Waals surface area contributed by atoms with Crippen molar-refractivity contribution in [3.05, 3.63) is 74.9 Å². The summed E-state index contributed by atoms with van der Waals surface area (Å²) >= 11 is 2.15. The fraction of sp³-hybridized carbons (Fsp3) is 0.360. The van der Waals surface area contributed by atoms with Crippen molar-refractivity contribution in [2.75, 3.05) is 13.2 Å². The Balaban J connectivity index is 1.92. The van der Waals surface area contributed by atoms with Gasteiger partial charge in [-0.25, -0.2) is 0 Å². The molecule has 0 fully saturated rings. The molecule has 33 heavy (non-hydrogen) atoms. The molecule has 0 bridgehead atoms. The number of ether oxygens (including phenoxy) is 1. The predicted octanol–water partition coefficient (Wildman–Crippen LogP) is 2.56. The molecule has 0 radical (unpaired) electrons. The molecule has 3 atom stereocenters. The number of benzene rings is 2. The second kappa shape index (κ2) is 11.6. The molecule has 8 heteroatoms. The summed E-state index contributed by atoms with van der Waals surface area (Å²) in [6.07, 6.45) is -0.0734. The number of hydrogen-bond acceptors (Lipinski definition) is 5. The fourth-order valence-corrected chi connectivity index (χ4v) is 4.33. The predicted molar refractivity (Wildman–Crippen MR) is 134 cm³/mol.